The lowest BCUT2D eigenvalue weighted by atomic mass is 9.76. The molecule has 4 atom stereocenters. The number of anilines is 1. The van der Waals surface area contributed by atoms with Crippen LogP contribution in [0.1, 0.15) is 54.5 Å². The second-order valence-corrected chi connectivity index (χ2v) is 9.06. The molecule has 7 nitrogen and oxygen atoms in total. The van der Waals surface area contributed by atoms with Crippen molar-refractivity contribution in [3.63, 3.8) is 0 Å². The van der Waals surface area contributed by atoms with Gasteiger partial charge in [0.25, 0.3) is 5.91 Å². The summed E-state index contributed by atoms with van der Waals surface area (Å²) in [5, 5.41) is 10.0. The SMILES string of the molecule is O=C1CCC(C(=O)NC[C@H]2CC[C@@H]3[C@H](O2)c2cc(C(F)(F)F)ccc2N[C@H]3c2ccccc2)=NN1. The van der Waals surface area contributed by atoms with E-state index in [-0.39, 0.29) is 55.0 Å². The van der Waals surface area contributed by atoms with Crippen LogP contribution in [0.3, 0.4) is 0 Å². The quantitative estimate of drug-likeness (QED) is 0.607. The van der Waals surface area contributed by atoms with E-state index < -0.39 is 17.8 Å². The fourth-order valence-corrected chi connectivity index (χ4v) is 5.02. The monoisotopic (exact) mass is 486 g/mol. The van der Waals surface area contributed by atoms with Gasteiger partial charge in [0.1, 0.15) is 5.71 Å². The van der Waals surface area contributed by atoms with Crippen LogP contribution in [0.4, 0.5) is 18.9 Å². The Labute approximate surface area is 200 Å². The number of benzene rings is 2. The Balaban J connectivity index is 1.37. The number of fused-ring (bicyclic) bond motifs is 3. The number of amides is 2. The zero-order valence-corrected chi connectivity index (χ0v) is 18.8. The summed E-state index contributed by atoms with van der Waals surface area (Å²) in [6, 6.07) is 13.4. The Kier molecular flexibility index (Phi) is 6.22. The Bertz CT molecular complexity index is 1150. The Morgan fingerprint density at radius 3 is 2.63 bits per heavy atom. The molecule has 2 aromatic carbocycles. The van der Waals surface area contributed by atoms with Crippen molar-refractivity contribution < 1.29 is 27.5 Å². The molecule has 35 heavy (non-hydrogen) atoms. The van der Waals surface area contributed by atoms with E-state index in [9.17, 15) is 22.8 Å². The Morgan fingerprint density at radius 1 is 1.11 bits per heavy atom. The fourth-order valence-electron chi connectivity index (χ4n) is 5.02. The highest BCUT2D eigenvalue weighted by molar-refractivity contribution is 6.39. The number of carbonyl (C=O) groups is 2. The fraction of sp³-hybridized carbons (Fsp3) is 0.400. The minimum absolute atomic E-state index is 0.0710. The highest BCUT2D eigenvalue weighted by Crippen LogP contribution is 2.51. The first kappa shape index (κ1) is 23.3. The van der Waals surface area contributed by atoms with Crippen molar-refractivity contribution in [2.45, 2.75) is 50.1 Å². The van der Waals surface area contributed by atoms with Crippen molar-refractivity contribution in [2.75, 3.05) is 11.9 Å². The van der Waals surface area contributed by atoms with Gasteiger partial charge in [0.15, 0.2) is 0 Å². The molecule has 0 spiro atoms. The number of hydrogen-bond donors (Lipinski definition) is 3. The van der Waals surface area contributed by atoms with Crippen molar-refractivity contribution in [3.8, 4) is 0 Å². The zero-order chi connectivity index (χ0) is 24.6. The second-order valence-electron chi connectivity index (χ2n) is 9.06. The maximum Gasteiger partial charge on any atom is 0.416 e. The van der Waals surface area contributed by atoms with E-state index in [4.69, 9.17) is 4.74 Å². The molecule has 1 saturated heterocycles. The van der Waals surface area contributed by atoms with Gasteiger partial charge in [0.2, 0.25) is 5.91 Å². The van der Waals surface area contributed by atoms with Gasteiger partial charge in [-0.05, 0) is 36.6 Å². The van der Waals surface area contributed by atoms with Gasteiger partial charge in [0.05, 0.1) is 23.8 Å². The molecule has 0 aromatic heterocycles. The molecule has 0 unspecified atom stereocenters. The smallest absolute Gasteiger partial charge is 0.378 e. The van der Waals surface area contributed by atoms with Crippen LogP contribution in [-0.4, -0.2) is 30.2 Å². The zero-order valence-electron chi connectivity index (χ0n) is 18.8. The van der Waals surface area contributed by atoms with Gasteiger partial charge in [-0.15, -0.1) is 0 Å². The second kappa shape index (κ2) is 9.33. The van der Waals surface area contributed by atoms with Crippen LogP contribution >= 0.6 is 0 Å². The van der Waals surface area contributed by atoms with Crippen molar-refractivity contribution in [1.29, 1.82) is 0 Å². The summed E-state index contributed by atoms with van der Waals surface area (Å²) in [5.41, 5.74) is 3.96. The molecule has 3 aliphatic rings. The van der Waals surface area contributed by atoms with E-state index in [0.717, 1.165) is 11.6 Å². The van der Waals surface area contributed by atoms with Gasteiger partial charge in [-0.1, -0.05) is 30.3 Å². The van der Waals surface area contributed by atoms with Gasteiger partial charge < -0.3 is 15.4 Å². The maximum atomic E-state index is 13.5. The molecular weight excluding hydrogens is 461 g/mol. The average molecular weight is 486 g/mol. The van der Waals surface area contributed by atoms with Crippen LogP contribution in [0, 0.1) is 5.92 Å². The number of nitrogens with zero attached hydrogens (tertiary/aromatic N) is 1. The molecule has 3 heterocycles. The molecule has 0 bridgehead atoms. The van der Waals surface area contributed by atoms with Gasteiger partial charge in [0, 0.05) is 36.6 Å². The molecule has 2 aromatic rings. The van der Waals surface area contributed by atoms with E-state index in [1.54, 1.807) is 0 Å². The van der Waals surface area contributed by atoms with Crippen LogP contribution in [0.25, 0.3) is 0 Å². The topological polar surface area (TPSA) is 91.8 Å². The summed E-state index contributed by atoms with van der Waals surface area (Å²) >= 11 is 0. The van der Waals surface area contributed by atoms with E-state index in [1.807, 2.05) is 30.3 Å². The predicted molar refractivity (Wildman–Crippen MR) is 122 cm³/mol. The van der Waals surface area contributed by atoms with E-state index in [1.165, 1.54) is 12.1 Å². The minimum Gasteiger partial charge on any atom is -0.378 e. The van der Waals surface area contributed by atoms with E-state index >= 15 is 0 Å². The number of alkyl halides is 3. The number of halogens is 3. The van der Waals surface area contributed by atoms with Crippen LogP contribution in [-0.2, 0) is 20.5 Å². The molecule has 0 aliphatic carbocycles. The van der Waals surface area contributed by atoms with Gasteiger partial charge in [-0.3, -0.25) is 9.59 Å². The van der Waals surface area contributed by atoms with Crippen LogP contribution in [0.15, 0.2) is 53.6 Å². The Hall–Kier alpha value is -3.40. The third-order valence-corrected chi connectivity index (χ3v) is 6.79. The van der Waals surface area contributed by atoms with E-state index in [0.29, 0.717) is 24.1 Å². The minimum atomic E-state index is -4.46. The number of ether oxygens (including phenoxy) is 1. The van der Waals surface area contributed by atoms with Crippen molar-refractivity contribution >= 4 is 23.2 Å². The third kappa shape index (κ3) is 4.88. The molecule has 3 aliphatic heterocycles. The normalized spacial score (nSPS) is 25.9. The lowest BCUT2D eigenvalue weighted by Crippen LogP contribution is -2.45. The molecule has 3 N–H and O–H groups in total. The van der Waals surface area contributed by atoms with Crippen molar-refractivity contribution in [1.82, 2.24) is 10.7 Å². The van der Waals surface area contributed by atoms with Crippen molar-refractivity contribution in [3.05, 3.63) is 65.2 Å². The maximum absolute atomic E-state index is 13.5. The first-order chi connectivity index (χ1) is 16.8. The van der Waals surface area contributed by atoms with Crippen molar-refractivity contribution in [2.24, 2.45) is 11.0 Å². The number of hydrazone groups is 1. The molecule has 1 fully saturated rings. The summed E-state index contributed by atoms with van der Waals surface area (Å²) in [6.07, 6.45) is -3.57. The predicted octanol–water partition coefficient (Wildman–Crippen LogP) is 4.09. The summed E-state index contributed by atoms with van der Waals surface area (Å²) < 4.78 is 46.8. The lowest BCUT2D eigenvalue weighted by Gasteiger charge is -2.46. The number of carbonyl (C=O) groups excluding carboxylic acids is 2. The average Bonchev–Trinajstić information content (AvgIpc) is 2.86. The molecule has 5 rings (SSSR count). The number of nitrogens with one attached hydrogen (secondary N) is 3. The van der Waals surface area contributed by atoms with Gasteiger partial charge in [-0.25, -0.2) is 5.43 Å². The number of hydrogen-bond acceptors (Lipinski definition) is 5. The third-order valence-electron chi connectivity index (χ3n) is 6.79. The molecule has 2 amide bonds. The first-order valence-corrected chi connectivity index (χ1v) is 11.6. The molecule has 184 valence electrons. The van der Waals surface area contributed by atoms with Gasteiger partial charge in [-0.2, -0.15) is 18.3 Å². The van der Waals surface area contributed by atoms with Crippen LogP contribution in [0.5, 0.6) is 0 Å². The first-order valence-electron chi connectivity index (χ1n) is 11.6. The summed E-state index contributed by atoms with van der Waals surface area (Å²) in [5.74, 6) is -0.694. The van der Waals surface area contributed by atoms with Gasteiger partial charge >= 0.3 is 6.18 Å². The summed E-state index contributed by atoms with van der Waals surface area (Å²) in [7, 11) is 0. The van der Waals surface area contributed by atoms with Crippen LogP contribution in [0.2, 0.25) is 0 Å². The molecule has 10 heteroatoms. The summed E-state index contributed by atoms with van der Waals surface area (Å²) in [6.45, 7) is 0.201. The highest BCUT2D eigenvalue weighted by atomic mass is 19.4. The molecular formula is C25H25F3N4O3. The molecule has 0 saturated carbocycles. The highest BCUT2D eigenvalue weighted by Gasteiger charge is 2.43. The van der Waals surface area contributed by atoms with Crippen LogP contribution < -0.4 is 16.1 Å². The summed E-state index contributed by atoms with van der Waals surface area (Å²) in [4.78, 5) is 23.7. The molecule has 0 radical (unpaired) electrons. The standard InChI is InChI=1S/C25H25F3N4O3/c26-25(27,28)15-6-9-19-18(12-15)23-17(22(30-19)14-4-2-1-3-5-14)8-7-16(35-23)13-29-24(34)20-10-11-21(33)32-31-20/h1-6,9,12,16-17,22-23,30H,7-8,10-11,13H2,(H,29,34)(H,32,33)/t16-,17+,22+,23+/m1/s1. The Morgan fingerprint density at radius 2 is 1.91 bits per heavy atom. The largest absolute Gasteiger partial charge is 0.416 e. The number of rotatable bonds is 4. The van der Waals surface area contributed by atoms with E-state index in [2.05, 4.69) is 21.2 Å². The lowest BCUT2D eigenvalue weighted by molar-refractivity contribution is -0.138.